The monoisotopic (exact) mass is 254 g/mol. The smallest absolute Gasteiger partial charge is 0.370 e. The number of nitrogens with one attached hydrogen (secondary N) is 1. The topological polar surface area (TPSA) is 38.0 Å². The highest BCUT2D eigenvalue weighted by Gasteiger charge is 2.27. The van der Waals surface area contributed by atoms with Gasteiger partial charge in [0.05, 0.1) is 6.61 Å². The van der Waals surface area contributed by atoms with E-state index in [4.69, 9.17) is 5.41 Å². The van der Waals surface area contributed by atoms with Gasteiger partial charge in [0.25, 0.3) is 0 Å². The van der Waals surface area contributed by atoms with E-state index in [0.717, 1.165) is 10.6 Å². The van der Waals surface area contributed by atoms with Crippen LogP contribution in [0, 0.1) is 19.3 Å². The van der Waals surface area contributed by atoms with Crippen molar-refractivity contribution >= 4 is 11.3 Å². The molecule has 0 radical (unpaired) electrons. The van der Waals surface area contributed by atoms with Crippen LogP contribution < -0.4 is 4.80 Å². The van der Waals surface area contributed by atoms with Crippen LogP contribution in [0.15, 0.2) is 0 Å². The van der Waals surface area contributed by atoms with Crippen molar-refractivity contribution < 1.29 is 17.9 Å². The zero-order chi connectivity index (χ0) is 12.3. The maximum absolute atomic E-state index is 11.8. The van der Waals surface area contributed by atoms with Crippen molar-refractivity contribution in [2.75, 3.05) is 13.2 Å². The number of aromatic nitrogens is 1. The maximum Gasteiger partial charge on any atom is 0.411 e. The molecule has 0 aliphatic carbocycles. The Morgan fingerprint density at radius 1 is 1.38 bits per heavy atom. The maximum atomic E-state index is 11.8. The minimum Gasteiger partial charge on any atom is -0.370 e. The summed E-state index contributed by atoms with van der Waals surface area (Å²) >= 11 is 1.31. The van der Waals surface area contributed by atoms with Gasteiger partial charge >= 0.3 is 6.18 Å². The van der Waals surface area contributed by atoms with Crippen LogP contribution in [0.2, 0.25) is 0 Å². The molecule has 16 heavy (non-hydrogen) atoms. The molecule has 0 atom stereocenters. The number of alkyl halides is 3. The van der Waals surface area contributed by atoms with Crippen LogP contribution in [-0.2, 0) is 11.3 Å². The third kappa shape index (κ3) is 3.64. The fourth-order valence-electron chi connectivity index (χ4n) is 1.23. The van der Waals surface area contributed by atoms with Crippen LogP contribution in [0.25, 0.3) is 0 Å². The standard InChI is InChI=1S/C9H13F3N2OS/c1-6-7(2)16-8(13)14(6)3-4-15-5-9(10,11)12/h13H,3-5H2,1-2H3. The fraction of sp³-hybridized carbons (Fsp3) is 0.667. The molecule has 0 fully saturated rings. The Morgan fingerprint density at radius 2 is 2.00 bits per heavy atom. The molecule has 0 aromatic carbocycles. The first-order valence-electron chi connectivity index (χ1n) is 4.67. The Hall–Kier alpha value is -0.820. The molecule has 1 aromatic rings. The largest absolute Gasteiger partial charge is 0.411 e. The van der Waals surface area contributed by atoms with E-state index >= 15 is 0 Å². The quantitative estimate of drug-likeness (QED) is 0.822. The van der Waals surface area contributed by atoms with E-state index in [2.05, 4.69) is 4.74 Å². The Kier molecular flexibility index (Phi) is 4.15. The molecule has 0 spiro atoms. The third-order valence-corrected chi connectivity index (χ3v) is 3.15. The first kappa shape index (κ1) is 13.2. The fourth-order valence-corrected chi connectivity index (χ4v) is 2.12. The number of aryl methyl sites for hydroxylation is 1. The van der Waals surface area contributed by atoms with E-state index in [0.29, 0.717) is 4.80 Å². The summed E-state index contributed by atoms with van der Waals surface area (Å²) in [5.74, 6) is 0. The second kappa shape index (κ2) is 5.01. The van der Waals surface area contributed by atoms with E-state index in [1.54, 1.807) is 4.57 Å². The molecule has 0 aliphatic heterocycles. The lowest BCUT2D eigenvalue weighted by atomic mass is 10.4. The molecule has 7 heteroatoms. The summed E-state index contributed by atoms with van der Waals surface area (Å²) in [5, 5.41) is 7.59. The summed E-state index contributed by atoms with van der Waals surface area (Å²) in [6.07, 6.45) is -4.28. The minimum atomic E-state index is -4.28. The summed E-state index contributed by atoms with van der Waals surface area (Å²) in [4.78, 5) is 1.34. The molecular formula is C9H13F3N2OS. The molecule has 0 saturated carbocycles. The summed E-state index contributed by atoms with van der Waals surface area (Å²) in [5.41, 5.74) is 0.908. The van der Waals surface area contributed by atoms with Crippen molar-refractivity contribution in [3.05, 3.63) is 15.4 Å². The lowest BCUT2D eigenvalue weighted by Crippen LogP contribution is -2.22. The molecule has 92 valence electrons. The average Bonchev–Trinajstić information content (AvgIpc) is 2.36. The van der Waals surface area contributed by atoms with Gasteiger partial charge in [0, 0.05) is 17.1 Å². The Bertz CT molecular complexity index is 408. The van der Waals surface area contributed by atoms with Crippen molar-refractivity contribution in [1.29, 1.82) is 5.41 Å². The van der Waals surface area contributed by atoms with Crippen LogP contribution in [0.4, 0.5) is 13.2 Å². The molecule has 3 nitrogen and oxygen atoms in total. The molecule has 0 bridgehead atoms. The first-order valence-corrected chi connectivity index (χ1v) is 5.49. The summed E-state index contributed by atoms with van der Waals surface area (Å²) in [7, 11) is 0. The van der Waals surface area contributed by atoms with Crippen molar-refractivity contribution in [2.24, 2.45) is 0 Å². The van der Waals surface area contributed by atoms with E-state index in [9.17, 15) is 13.2 Å². The highest BCUT2D eigenvalue weighted by Crippen LogP contribution is 2.14. The predicted octanol–water partition coefficient (Wildman–Crippen LogP) is 2.22. The molecule has 1 heterocycles. The molecule has 0 aliphatic rings. The average molecular weight is 254 g/mol. The van der Waals surface area contributed by atoms with Crippen molar-refractivity contribution in [2.45, 2.75) is 26.6 Å². The molecule has 0 unspecified atom stereocenters. The first-order chi connectivity index (χ1) is 7.31. The molecular weight excluding hydrogens is 241 g/mol. The van der Waals surface area contributed by atoms with Crippen LogP contribution >= 0.6 is 11.3 Å². The van der Waals surface area contributed by atoms with Gasteiger partial charge in [0.15, 0.2) is 4.80 Å². The predicted molar refractivity (Wildman–Crippen MR) is 54.5 cm³/mol. The Balaban J connectivity index is 2.47. The zero-order valence-corrected chi connectivity index (χ0v) is 9.84. The summed E-state index contributed by atoms with van der Waals surface area (Å²) in [6, 6.07) is 0. The van der Waals surface area contributed by atoms with E-state index < -0.39 is 12.8 Å². The second-order valence-electron chi connectivity index (χ2n) is 3.37. The number of halogens is 3. The third-order valence-electron chi connectivity index (χ3n) is 2.13. The summed E-state index contributed by atoms with van der Waals surface area (Å²) in [6.45, 7) is 2.74. The molecule has 0 amide bonds. The van der Waals surface area contributed by atoms with Crippen molar-refractivity contribution in [3.63, 3.8) is 0 Å². The van der Waals surface area contributed by atoms with Gasteiger partial charge in [-0.25, -0.2) is 0 Å². The number of nitrogens with zero attached hydrogens (tertiary/aromatic N) is 1. The number of hydrogen-bond donors (Lipinski definition) is 1. The highest BCUT2D eigenvalue weighted by atomic mass is 32.1. The molecule has 1 aromatic heterocycles. The Labute approximate surface area is 95.0 Å². The highest BCUT2D eigenvalue weighted by molar-refractivity contribution is 7.09. The zero-order valence-electron chi connectivity index (χ0n) is 9.02. The molecule has 0 saturated heterocycles. The molecule has 1 rings (SSSR count). The lowest BCUT2D eigenvalue weighted by Gasteiger charge is -2.09. The number of ether oxygens (including phenoxy) is 1. The number of thiazole rings is 1. The van der Waals surface area contributed by atoms with Gasteiger partial charge in [0.2, 0.25) is 0 Å². The van der Waals surface area contributed by atoms with Crippen molar-refractivity contribution in [1.82, 2.24) is 4.57 Å². The number of rotatable bonds is 4. The normalized spacial score (nSPS) is 12.1. The van der Waals surface area contributed by atoms with Gasteiger partial charge in [-0.3, -0.25) is 5.41 Å². The van der Waals surface area contributed by atoms with Gasteiger partial charge in [-0.2, -0.15) is 13.2 Å². The summed E-state index contributed by atoms with van der Waals surface area (Å²) < 4.78 is 41.5. The van der Waals surface area contributed by atoms with Crippen LogP contribution in [0.1, 0.15) is 10.6 Å². The minimum absolute atomic E-state index is 0.0347. The van der Waals surface area contributed by atoms with Crippen LogP contribution in [-0.4, -0.2) is 24.0 Å². The van der Waals surface area contributed by atoms with E-state index in [1.165, 1.54) is 11.3 Å². The Morgan fingerprint density at radius 3 is 2.44 bits per heavy atom. The van der Waals surface area contributed by atoms with Crippen LogP contribution in [0.5, 0.6) is 0 Å². The van der Waals surface area contributed by atoms with Crippen LogP contribution in [0.3, 0.4) is 0 Å². The van der Waals surface area contributed by atoms with E-state index in [-0.39, 0.29) is 13.2 Å². The second-order valence-corrected chi connectivity index (χ2v) is 4.57. The molecule has 1 N–H and O–H groups in total. The lowest BCUT2D eigenvalue weighted by molar-refractivity contribution is -0.174. The number of hydrogen-bond acceptors (Lipinski definition) is 3. The van der Waals surface area contributed by atoms with Gasteiger partial charge in [-0.15, -0.1) is 11.3 Å². The van der Waals surface area contributed by atoms with Crippen molar-refractivity contribution in [3.8, 4) is 0 Å². The van der Waals surface area contributed by atoms with E-state index in [1.807, 2.05) is 13.8 Å². The van der Waals surface area contributed by atoms with Gasteiger partial charge in [0.1, 0.15) is 6.61 Å². The SMILES string of the molecule is Cc1sc(=N)n(CCOCC(F)(F)F)c1C. The van der Waals surface area contributed by atoms with Gasteiger partial charge in [-0.05, 0) is 13.8 Å². The van der Waals surface area contributed by atoms with Gasteiger partial charge in [-0.1, -0.05) is 0 Å². The van der Waals surface area contributed by atoms with Gasteiger partial charge < -0.3 is 9.30 Å².